The van der Waals surface area contributed by atoms with Crippen LogP contribution in [0.4, 0.5) is 0 Å². The van der Waals surface area contributed by atoms with Gasteiger partial charge in [0, 0.05) is 12.0 Å². The average molecular weight is 203 g/mol. The first-order valence-electron chi connectivity index (χ1n) is 4.43. The molecule has 1 aromatic rings. The predicted molar refractivity (Wildman–Crippen MR) is 53.1 cm³/mol. The van der Waals surface area contributed by atoms with Crippen LogP contribution in [-0.2, 0) is 0 Å². The number of nitrogens with two attached hydrogens (primary N) is 1. The molecule has 1 aliphatic rings. The number of hydrogen-bond donors (Lipinski definition) is 1. The van der Waals surface area contributed by atoms with Crippen LogP contribution in [0.5, 0.6) is 0 Å². The summed E-state index contributed by atoms with van der Waals surface area (Å²) in [6.45, 7) is 1.95. The second-order valence-electron chi connectivity index (χ2n) is 3.60. The van der Waals surface area contributed by atoms with Crippen molar-refractivity contribution in [3.05, 3.63) is 17.8 Å². The van der Waals surface area contributed by atoms with Crippen molar-refractivity contribution in [1.82, 2.24) is 4.98 Å². The molecular formula is C9H15ClN2O. The fraction of sp³-hybridized carbons (Fsp3) is 0.667. The second kappa shape index (κ2) is 4.11. The van der Waals surface area contributed by atoms with Crippen molar-refractivity contribution in [3.8, 4) is 0 Å². The SMILES string of the molecule is Cc1coc([C@@H]2CC[C@H](N)C2)n1.Cl. The van der Waals surface area contributed by atoms with Gasteiger partial charge in [-0.15, -0.1) is 12.4 Å². The Balaban J connectivity index is 0.000000845. The maximum absolute atomic E-state index is 5.80. The van der Waals surface area contributed by atoms with Gasteiger partial charge in [0.2, 0.25) is 0 Å². The van der Waals surface area contributed by atoms with E-state index in [0.29, 0.717) is 12.0 Å². The Hall–Kier alpha value is -0.540. The summed E-state index contributed by atoms with van der Waals surface area (Å²) in [6, 6.07) is 0.349. The van der Waals surface area contributed by atoms with Gasteiger partial charge < -0.3 is 10.2 Å². The Morgan fingerprint density at radius 2 is 2.31 bits per heavy atom. The van der Waals surface area contributed by atoms with Gasteiger partial charge in [-0.2, -0.15) is 0 Å². The summed E-state index contributed by atoms with van der Waals surface area (Å²) in [6.07, 6.45) is 4.96. The van der Waals surface area contributed by atoms with Gasteiger partial charge >= 0.3 is 0 Å². The van der Waals surface area contributed by atoms with Crippen LogP contribution in [0.1, 0.15) is 36.8 Å². The van der Waals surface area contributed by atoms with Gasteiger partial charge in [0.1, 0.15) is 6.26 Å². The van der Waals surface area contributed by atoms with E-state index in [1.165, 1.54) is 0 Å². The first-order chi connectivity index (χ1) is 5.75. The molecule has 1 heterocycles. The third kappa shape index (κ3) is 2.23. The minimum absolute atomic E-state index is 0. The topological polar surface area (TPSA) is 52.0 Å². The van der Waals surface area contributed by atoms with Crippen molar-refractivity contribution >= 4 is 12.4 Å². The molecule has 2 rings (SSSR count). The molecule has 1 saturated carbocycles. The van der Waals surface area contributed by atoms with Crippen LogP contribution in [0.2, 0.25) is 0 Å². The second-order valence-corrected chi connectivity index (χ2v) is 3.60. The Morgan fingerprint density at radius 3 is 2.77 bits per heavy atom. The minimum Gasteiger partial charge on any atom is -0.448 e. The monoisotopic (exact) mass is 202 g/mol. The zero-order valence-electron chi connectivity index (χ0n) is 7.69. The highest BCUT2D eigenvalue weighted by atomic mass is 35.5. The van der Waals surface area contributed by atoms with E-state index >= 15 is 0 Å². The van der Waals surface area contributed by atoms with Crippen molar-refractivity contribution < 1.29 is 4.42 Å². The van der Waals surface area contributed by atoms with E-state index in [-0.39, 0.29) is 12.4 Å². The zero-order chi connectivity index (χ0) is 8.55. The summed E-state index contributed by atoms with van der Waals surface area (Å²) < 4.78 is 5.33. The predicted octanol–water partition coefficient (Wildman–Crippen LogP) is 2.00. The highest BCUT2D eigenvalue weighted by Gasteiger charge is 2.26. The quantitative estimate of drug-likeness (QED) is 0.758. The van der Waals surface area contributed by atoms with Crippen molar-refractivity contribution in [2.24, 2.45) is 5.73 Å². The number of rotatable bonds is 1. The van der Waals surface area contributed by atoms with E-state index in [9.17, 15) is 0 Å². The molecule has 1 fully saturated rings. The molecule has 0 spiro atoms. The molecule has 0 unspecified atom stereocenters. The molecule has 1 aromatic heterocycles. The molecule has 3 nitrogen and oxygen atoms in total. The zero-order valence-corrected chi connectivity index (χ0v) is 8.51. The first-order valence-corrected chi connectivity index (χ1v) is 4.43. The molecule has 0 aliphatic heterocycles. The summed E-state index contributed by atoms with van der Waals surface area (Å²) in [5.74, 6) is 1.34. The standard InChI is InChI=1S/C9H14N2O.ClH/c1-6-5-12-9(11-6)7-2-3-8(10)4-7;/h5,7-8H,2-4,10H2,1H3;1H/t7-,8+;/m1./s1. The molecular weight excluding hydrogens is 188 g/mol. The largest absolute Gasteiger partial charge is 0.448 e. The van der Waals surface area contributed by atoms with Crippen molar-refractivity contribution in [1.29, 1.82) is 0 Å². The Bertz CT molecular complexity index is 274. The number of hydrogen-bond acceptors (Lipinski definition) is 3. The maximum Gasteiger partial charge on any atom is 0.197 e. The molecule has 2 N–H and O–H groups in total. The molecule has 0 amide bonds. The van der Waals surface area contributed by atoms with Crippen LogP contribution in [-0.4, -0.2) is 11.0 Å². The maximum atomic E-state index is 5.80. The lowest BCUT2D eigenvalue weighted by Crippen LogP contribution is -2.14. The molecule has 0 saturated heterocycles. The molecule has 0 aromatic carbocycles. The van der Waals surface area contributed by atoms with Crippen molar-refractivity contribution in [2.75, 3.05) is 0 Å². The molecule has 1 aliphatic carbocycles. The van der Waals surface area contributed by atoms with Crippen LogP contribution < -0.4 is 5.73 Å². The number of aryl methyl sites for hydroxylation is 1. The van der Waals surface area contributed by atoms with Gasteiger partial charge in [-0.25, -0.2) is 4.98 Å². The first kappa shape index (κ1) is 10.5. The lowest BCUT2D eigenvalue weighted by atomic mass is 10.1. The smallest absolute Gasteiger partial charge is 0.197 e. The molecule has 13 heavy (non-hydrogen) atoms. The van der Waals surface area contributed by atoms with Gasteiger partial charge in [-0.05, 0) is 26.2 Å². The normalized spacial score (nSPS) is 27.2. The highest BCUT2D eigenvalue weighted by Crippen LogP contribution is 2.32. The molecule has 0 radical (unpaired) electrons. The van der Waals surface area contributed by atoms with Gasteiger partial charge in [-0.3, -0.25) is 0 Å². The molecule has 74 valence electrons. The van der Waals surface area contributed by atoms with Crippen LogP contribution in [0.25, 0.3) is 0 Å². The average Bonchev–Trinajstić information content (AvgIpc) is 2.58. The fourth-order valence-electron chi connectivity index (χ4n) is 1.80. The van der Waals surface area contributed by atoms with Crippen LogP contribution in [0.15, 0.2) is 10.7 Å². The summed E-state index contributed by atoms with van der Waals surface area (Å²) >= 11 is 0. The lowest BCUT2D eigenvalue weighted by molar-refractivity contribution is 0.446. The summed E-state index contributed by atoms with van der Waals surface area (Å²) in [5, 5.41) is 0. The van der Waals surface area contributed by atoms with Gasteiger partial charge in [0.25, 0.3) is 0 Å². The number of aromatic nitrogens is 1. The number of oxazole rings is 1. The van der Waals surface area contributed by atoms with Gasteiger partial charge in [0.05, 0.1) is 5.69 Å². The summed E-state index contributed by atoms with van der Waals surface area (Å²) in [7, 11) is 0. The Kier molecular flexibility index (Phi) is 3.33. The Labute approximate surface area is 84.1 Å². The van der Waals surface area contributed by atoms with Crippen LogP contribution in [0.3, 0.4) is 0 Å². The highest BCUT2D eigenvalue weighted by molar-refractivity contribution is 5.85. The number of nitrogens with zero attached hydrogens (tertiary/aromatic N) is 1. The molecule has 0 bridgehead atoms. The Morgan fingerprint density at radius 1 is 1.54 bits per heavy atom. The third-order valence-electron chi connectivity index (χ3n) is 2.46. The molecule has 4 heteroatoms. The van der Waals surface area contributed by atoms with Crippen LogP contribution >= 0.6 is 12.4 Å². The third-order valence-corrected chi connectivity index (χ3v) is 2.46. The van der Waals surface area contributed by atoms with Gasteiger partial charge in [0.15, 0.2) is 5.89 Å². The van der Waals surface area contributed by atoms with Crippen molar-refractivity contribution in [3.63, 3.8) is 0 Å². The van der Waals surface area contributed by atoms with Crippen LogP contribution in [0, 0.1) is 6.92 Å². The van der Waals surface area contributed by atoms with E-state index in [2.05, 4.69) is 4.98 Å². The number of halogens is 1. The fourth-order valence-corrected chi connectivity index (χ4v) is 1.80. The van der Waals surface area contributed by atoms with E-state index in [4.69, 9.17) is 10.2 Å². The van der Waals surface area contributed by atoms with E-state index in [0.717, 1.165) is 30.8 Å². The van der Waals surface area contributed by atoms with Gasteiger partial charge in [-0.1, -0.05) is 0 Å². The van der Waals surface area contributed by atoms with E-state index < -0.39 is 0 Å². The summed E-state index contributed by atoms with van der Waals surface area (Å²) in [4.78, 5) is 4.30. The minimum atomic E-state index is 0. The van der Waals surface area contributed by atoms with Crippen molar-refractivity contribution in [2.45, 2.75) is 38.1 Å². The lowest BCUT2D eigenvalue weighted by Gasteiger charge is -2.02. The van der Waals surface area contributed by atoms with E-state index in [1.807, 2.05) is 6.92 Å². The molecule has 2 atom stereocenters. The summed E-state index contributed by atoms with van der Waals surface area (Å²) in [5.41, 5.74) is 6.76. The van der Waals surface area contributed by atoms with E-state index in [1.54, 1.807) is 6.26 Å².